The molecule has 0 spiro atoms. The molecule has 3 nitrogen and oxygen atoms in total. The fraction of sp³-hybridized carbons (Fsp3) is 0.700. The predicted octanol–water partition coefficient (Wildman–Crippen LogP) is 5.93. The van der Waals surface area contributed by atoms with Crippen molar-refractivity contribution in [1.29, 1.82) is 0 Å². The highest BCUT2D eigenvalue weighted by Crippen LogP contribution is 2.64. The molecule has 1 aromatic rings. The van der Waals surface area contributed by atoms with E-state index in [1.54, 1.807) is 0 Å². The van der Waals surface area contributed by atoms with Gasteiger partial charge in [0.05, 0.1) is 5.60 Å². The van der Waals surface area contributed by atoms with E-state index in [2.05, 4.69) is 43.0 Å². The van der Waals surface area contributed by atoms with E-state index < -0.39 is 5.60 Å². The van der Waals surface area contributed by atoms with E-state index in [0.717, 1.165) is 55.5 Å². The third-order valence-electron chi connectivity index (χ3n) is 11.0. The van der Waals surface area contributed by atoms with Gasteiger partial charge >= 0.3 is 0 Å². The standard InChI is InChI=1S/C30H41NO2/c1-29(33)14-12-24-21(17-29)8-10-26-25(24)13-15-30(2)23(9-11-27(26)30)19-31-18-22(16-28(31)32)20-6-4-3-5-7-20/h3-7,16,21,23-27,33H,8-15,17-19H2,1-2H3/t21-,23-,24+,25-,26-,27+,29-,30-/m1/s1. The fourth-order valence-electron chi connectivity index (χ4n) is 9.31. The highest BCUT2D eigenvalue weighted by Gasteiger charge is 2.57. The van der Waals surface area contributed by atoms with Gasteiger partial charge in [-0.2, -0.15) is 0 Å². The van der Waals surface area contributed by atoms with Crippen molar-refractivity contribution in [3.05, 3.63) is 42.0 Å². The van der Waals surface area contributed by atoms with E-state index in [1.807, 2.05) is 12.1 Å². The number of nitrogens with zero attached hydrogens (tertiary/aromatic N) is 1. The summed E-state index contributed by atoms with van der Waals surface area (Å²) < 4.78 is 0. The van der Waals surface area contributed by atoms with E-state index in [1.165, 1.54) is 56.1 Å². The zero-order valence-corrected chi connectivity index (χ0v) is 20.5. The van der Waals surface area contributed by atoms with Gasteiger partial charge in [-0.1, -0.05) is 37.3 Å². The van der Waals surface area contributed by atoms with Crippen LogP contribution in [-0.4, -0.2) is 34.6 Å². The third kappa shape index (κ3) is 3.70. The second-order valence-electron chi connectivity index (χ2n) is 12.7. The minimum atomic E-state index is -0.426. The highest BCUT2D eigenvalue weighted by atomic mass is 16.3. The number of carbonyl (C=O) groups is 1. The van der Waals surface area contributed by atoms with Crippen LogP contribution < -0.4 is 0 Å². The normalized spacial score (nSPS) is 44.8. The van der Waals surface area contributed by atoms with Crippen molar-refractivity contribution < 1.29 is 9.90 Å². The molecule has 4 fully saturated rings. The van der Waals surface area contributed by atoms with Gasteiger partial charge in [0.15, 0.2) is 0 Å². The smallest absolute Gasteiger partial charge is 0.247 e. The van der Waals surface area contributed by atoms with E-state index in [-0.39, 0.29) is 5.91 Å². The molecule has 1 amide bonds. The Hall–Kier alpha value is -1.61. The molecule has 0 radical (unpaired) electrons. The first-order valence-corrected chi connectivity index (χ1v) is 13.6. The first-order chi connectivity index (χ1) is 15.8. The van der Waals surface area contributed by atoms with Crippen LogP contribution in [0.4, 0.5) is 0 Å². The van der Waals surface area contributed by atoms with Crippen molar-refractivity contribution in [3.8, 4) is 0 Å². The first kappa shape index (κ1) is 21.9. The summed E-state index contributed by atoms with van der Waals surface area (Å²) in [6, 6.07) is 10.4. The molecule has 1 heterocycles. The molecule has 0 saturated heterocycles. The number of hydrogen-bond donors (Lipinski definition) is 1. The Morgan fingerprint density at radius 1 is 0.939 bits per heavy atom. The number of fused-ring (bicyclic) bond motifs is 5. The van der Waals surface area contributed by atoms with Gasteiger partial charge in [-0.3, -0.25) is 4.79 Å². The van der Waals surface area contributed by atoms with Crippen molar-refractivity contribution >= 4 is 11.5 Å². The molecule has 1 aliphatic heterocycles. The lowest BCUT2D eigenvalue weighted by molar-refractivity contribution is -0.126. The summed E-state index contributed by atoms with van der Waals surface area (Å²) in [5.41, 5.74) is 2.33. The minimum absolute atomic E-state index is 0.212. The molecule has 3 heteroatoms. The van der Waals surface area contributed by atoms with Crippen LogP contribution >= 0.6 is 0 Å². The SMILES string of the molecule is C[C@@]1(O)CC[C@H]2[C@H](CC[C@@H]3[C@@H]2CC[C@]2(C)[C@@H](CN4CC(c5ccccc5)=CC4=O)CC[C@@H]32)C1. The molecule has 8 atom stereocenters. The average molecular weight is 448 g/mol. The van der Waals surface area contributed by atoms with Gasteiger partial charge < -0.3 is 10.0 Å². The third-order valence-corrected chi connectivity index (χ3v) is 11.0. The van der Waals surface area contributed by atoms with Gasteiger partial charge in [-0.25, -0.2) is 0 Å². The van der Waals surface area contributed by atoms with Gasteiger partial charge in [0.25, 0.3) is 0 Å². The Morgan fingerprint density at radius 2 is 1.73 bits per heavy atom. The van der Waals surface area contributed by atoms with Gasteiger partial charge in [-0.15, -0.1) is 0 Å². The lowest BCUT2D eigenvalue weighted by Crippen LogP contribution is -2.51. The number of hydrogen-bond acceptors (Lipinski definition) is 2. The number of rotatable bonds is 3. The van der Waals surface area contributed by atoms with Gasteiger partial charge in [0.2, 0.25) is 5.91 Å². The Labute approximate surface area is 199 Å². The first-order valence-electron chi connectivity index (χ1n) is 13.6. The van der Waals surface area contributed by atoms with Crippen LogP contribution in [0.15, 0.2) is 36.4 Å². The molecule has 178 valence electrons. The Bertz CT molecular complexity index is 936. The van der Waals surface area contributed by atoms with Gasteiger partial charge in [0, 0.05) is 19.2 Å². The number of carbonyl (C=O) groups excluding carboxylic acids is 1. The van der Waals surface area contributed by atoms with Crippen LogP contribution in [-0.2, 0) is 4.79 Å². The van der Waals surface area contributed by atoms with E-state index in [0.29, 0.717) is 11.3 Å². The summed E-state index contributed by atoms with van der Waals surface area (Å²) in [5, 5.41) is 10.6. The van der Waals surface area contributed by atoms with Crippen LogP contribution in [0.25, 0.3) is 5.57 Å². The van der Waals surface area contributed by atoms with E-state index in [4.69, 9.17) is 0 Å². The van der Waals surface area contributed by atoms with Crippen LogP contribution in [0.1, 0.15) is 77.2 Å². The molecule has 4 saturated carbocycles. The maximum absolute atomic E-state index is 12.9. The average Bonchev–Trinajstić information content (AvgIpc) is 3.33. The fourth-order valence-corrected chi connectivity index (χ4v) is 9.31. The molecule has 4 aliphatic carbocycles. The van der Waals surface area contributed by atoms with E-state index in [9.17, 15) is 9.90 Å². The topological polar surface area (TPSA) is 40.5 Å². The second kappa shape index (κ2) is 7.97. The molecule has 0 unspecified atom stereocenters. The zero-order valence-electron chi connectivity index (χ0n) is 20.5. The quantitative estimate of drug-likeness (QED) is 0.624. The molecule has 6 rings (SSSR count). The van der Waals surface area contributed by atoms with E-state index >= 15 is 0 Å². The van der Waals surface area contributed by atoms with Crippen molar-refractivity contribution in [3.63, 3.8) is 0 Å². The maximum atomic E-state index is 12.9. The van der Waals surface area contributed by atoms with Gasteiger partial charge in [0.1, 0.15) is 0 Å². The Kier molecular flexibility index (Phi) is 5.29. The lowest BCUT2D eigenvalue weighted by Gasteiger charge is -2.57. The van der Waals surface area contributed by atoms with Gasteiger partial charge in [-0.05, 0) is 117 Å². The highest BCUT2D eigenvalue weighted by molar-refractivity contribution is 6.00. The molecule has 5 aliphatic rings. The number of aliphatic hydroxyl groups is 1. The number of amides is 1. The zero-order chi connectivity index (χ0) is 22.8. The molecular formula is C30H41NO2. The van der Waals surface area contributed by atoms with Crippen molar-refractivity contribution in [2.75, 3.05) is 13.1 Å². The largest absolute Gasteiger partial charge is 0.390 e. The minimum Gasteiger partial charge on any atom is -0.390 e. The molecule has 1 aromatic carbocycles. The Morgan fingerprint density at radius 3 is 2.55 bits per heavy atom. The summed E-state index contributed by atoms with van der Waals surface area (Å²) in [6.07, 6.45) is 13.2. The Balaban J connectivity index is 1.14. The summed E-state index contributed by atoms with van der Waals surface area (Å²) in [7, 11) is 0. The second-order valence-corrected chi connectivity index (χ2v) is 12.7. The number of benzene rings is 1. The van der Waals surface area contributed by atoms with Crippen LogP contribution in [0.2, 0.25) is 0 Å². The molecule has 1 N–H and O–H groups in total. The molecule has 0 aromatic heterocycles. The lowest BCUT2D eigenvalue weighted by atomic mass is 9.49. The summed E-state index contributed by atoms with van der Waals surface area (Å²) >= 11 is 0. The van der Waals surface area contributed by atoms with Crippen molar-refractivity contribution in [1.82, 2.24) is 4.90 Å². The van der Waals surface area contributed by atoms with Crippen molar-refractivity contribution in [2.24, 2.45) is 40.9 Å². The maximum Gasteiger partial charge on any atom is 0.247 e. The molecular weight excluding hydrogens is 406 g/mol. The summed E-state index contributed by atoms with van der Waals surface area (Å²) in [6.45, 7) is 6.35. The summed E-state index contributed by atoms with van der Waals surface area (Å²) in [5.74, 6) is 5.06. The predicted molar refractivity (Wildman–Crippen MR) is 132 cm³/mol. The molecule has 0 bridgehead atoms. The van der Waals surface area contributed by atoms with Crippen LogP contribution in [0, 0.1) is 40.9 Å². The monoisotopic (exact) mass is 447 g/mol. The van der Waals surface area contributed by atoms with Crippen molar-refractivity contribution in [2.45, 2.75) is 77.2 Å². The molecule has 33 heavy (non-hydrogen) atoms. The van der Waals surface area contributed by atoms with Crippen LogP contribution in [0.3, 0.4) is 0 Å². The summed E-state index contributed by atoms with van der Waals surface area (Å²) in [4.78, 5) is 15.0. The van der Waals surface area contributed by atoms with Crippen LogP contribution in [0.5, 0.6) is 0 Å².